The topological polar surface area (TPSA) is 85.5 Å². The van der Waals surface area contributed by atoms with Crippen LogP contribution >= 0.6 is 25.6 Å². The SMILES string of the molecule is O=C(NS)NCCCN(CCCNC(=O)NS)c1ccccc1. The Morgan fingerprint density at radius 3 is 1.78 bits per heavy atom. The van der Waals surface area contributed by atoms with Gasteiger partial charge in [-0.25, -0.2) is 9.59 Å². The molecule has 7 nitrogen and oxygen atoms in total. The second-order valence-electron chi connectivity index (χ2n) is 4.77. The highest BCUT2D eigenvalue weighted by Crippen LogP contribution is 2.13. The van der Waals surface area contributed by atoms with Gasteiger partial charge in [0.05, 0.1) is 0 Å². The van der Waals surface area contributed by atoms with Gasteiger partial charge in [-0.3, -0.25) is 9.44 Å². The van der Waals surface area contributed by atoms with Crippen LogP contribution in [0.25, 0.3) is 0 Å². The summed E-state index contributed by atoms with van der Waals surface area (Å²) < 4.78 is 4.44. The molecule has 0 bridgehead atoms. The van der Waals surface area contributed by atoms with Crippen molar-refractivity contribution in [3.63, 3.8) is 0 Å². The Kier molecular flexibility index (Phi) is 9.89. The number of urea groups is 2. The highest BCUT2D eigenvalue weighted by Gasteiger charge is 2.06. The first kappa shape index (κ1) is 19.3. The number of hydrogen-bond acceptors (Lipinski definition) is 5. The molecule has 4 amide bonds. The van der Waals surface area contributed by atoms with Crippen LogP contribution in [0.15, 0.2) is 30.3 Å². The molecule has 0 atom stereocenters. The molecule has 0 aliphatic rings. The van der Waals surface area contributed by atoms with Crippen LogP contribution in [-0.2, 0) is 0 Å². The molecule has 9 heteroatoms. The van der Waals surface area contributed by atoms with Crippen molar-refractivity contribution in [2.24, 2.45) is 0 Å². The van der Waals surface area contributed by atoms with E-state index in [4.69, 9.17) is 0 Å². The maximum absolute atomic E-state index is 11.1. The van der Waals surface area contributed by atoms with Gasteiger partial charge in [0.15, 0.2) is 0 Å². The monoisotopic (exact) mass is 357 g/mol. The van der Waals surface area contributed by atoms with Gasteiger partial charge < -0.3 is 15.5 Å². The van der Waals surface area contributed by atoms with Crippen LogP contribution in [0, 0.1) is 0 Å². The number of hydrogen-bond donors (Lipinski definition) is 6. The van der Waals surface area contributed by atoms with E-state index in [2.05, 4.69) is 50.6 Å². The van der Waals surface area contributed by atoms with Crippen molar-refractivity contribution in [3.05, 3.63) is 30.3 Å². The smallest absolute Gasteiger partial charge is 0.324 e. The largest absolute Gasteiger partial charge is 0.371 e. The standard InChI is InChI=1S/C14H23N5O2S2/c20-13(17-22)15-8-4-10-19(12-6-2-1-3-7-12)11-5-9-16-14(21)18-23/h1-3,6-7,22-23H,4-5,8-11H2,(H2,15,17,20)(H2,16,18,21). The molecule has 1 aromatic rings. The van der Waals surface area contributed by atoms with Crippen LogP contribution in [0.2, 0.25) is 0 Å². The van der Waals surface area contributed by atoms with Crippen LogP contribution in [0.5, 0.6) is 0 Å². The van der Waals surface area contributed by atoms with Gasteiger partial charge >= 0.3 is 12.1 Å². The summed E-state index contributed by atoms with van der Waals surface area (Å²) in [5.41, 5.74) is 1.12. The minimum atomic E-state index is -0.304. The molecule has 0 spiro atoms. The van der Waals surface area contributed by atoms with E-state index in [9.17, 15) is 9.59 Å². The van der Waals surface area contributed by atoms with E-state index >= 15 is 0 Å². The summed E-state index contributed by atoms with van der Waals surface area (Å²) in [5.74, 6) is 0. The molecular weight excluding hydrogens is 334 g/mol. The number of nitrogens with zero attached hydrogens (tertiary/aromatic N) is 1. The van der Waals surface area contributed by atoms with Crippen molar-refractivity contribution >= 4 is 43.4 Å². The van der Waals surface area contributed by atoms with E-state index < -0.39 is 0 Å². The maximum atomic E-state index is 11.1. The van der Waals surface area contributed by atoms with Gasteiger partial charge in [-0.05, 0) is 25.0 Å². The lowest BCUT2D eigenvalue weighted by molar-refractivity contribution is 0.246. The molecule has 1 rings (SSSR count). The first-order valence-corrected chi connectivity index (χ1v) is 8.22. The summed E-state index contributed by atoms with van der Waals surface area (Å²) in [4.78, 5) is 24.4. The number of para-hydroxylation sites is 1. The van der Waals surface area contributed by atoms with Gasteiger partial charge in [0.25, 0.3) is 0 Å². The summed E-state index contributed by atoms with van der Waals surface area (Å²) in [5, 5.41) is 5.40. The number of amides is 4. The van der Waals surface area contributed by atoms with Crippen molar-refractivity contribution in [3.8, 4) is 0 Å². The third-order valence-electron chi connectivity index (χ3n) is 3.11. The fraction of sp³-hybridized carbons (Fsp3) is 0.429. The average Bonchev–Trinajstić information content (AvgIpc) is 2.60. The second-order valence-corrected chi connectivity index (χ2v) is 5.21. The Balaban J connectivity index is 2.40. The fourth-order valence-corrected chi connectivity index (χ4v) is 2.19. The predicted molar refractivity (Wildman–Crippen MR) is 98.9 cm³/mol. The number of nitrogens with one attached hydrogen (secondary N) is 4. The average molecular weight is 358 g/mol. The molecule has 1 aromatic carbocycles. The van der Waals surface area contributed by atoms with Crippen molar-refractivity contribution in [1.29, 1.82) is 0 Å². The first-order chi connectivity index (χ1) is 11.2. The molecule has 23 heavy (non-hydrogen) atoms. The molecule has 0 fully saturated rings. The van der Waals surface area contributed by atoms with Gasteiger partial charge in [0.1, 0.15) is 0 Å². The van der Waals surface area contributed by atoms with Crippen LogP contribution in [0.1, 0.15) is 12.8 Å². The van der Waals surface area contributed by atoms with Gasteiger partial charge in [-0.1, -0.05) is 43.8 Å². The molecule has 0 aliphatic heterocycles. The third-order valence-corrected chi connectivity index (χ3v) is 3.51. The van der Waals surface area contributed by atoms with Crippen molar-refractivity contribution in [1.82, 2.24) is 20.1 Å². The van der Waals surface area contributed by atoms with Crippen molar-refractivity contribution < 1.29 is 9.59 Å². The molecule has 0 aliphatic carbocycles. The van der Waals surface area contributed by atoms with E-state index in [1.54, 1.807) is 0 Å². The third kappa shape index (κ3) is 8.46. The lowest BCUT2D eigenvalue weighted by atomic mass is 10.2. The molecular formula is C14H23N5O2S2. The van der Waals surface area contributed by atoms with Crippen LogP contribution in [0.4, 0.5) is 15.3 Å². The van der Waals surface area contributed by atoms with Gasteiger partial charge in [0.2, 0.25) is 0 Å². The number of carbonyl (C=O) groups is 2. The minimum absolute atomic E-state index is 0.304. The molecule has 0 unspecified atom stereocenters. The number of benzene rings is 1. The quantitative estimate of drug-likeness (QED) is 0.300. The Morgan fingerprint density at radius 2 is 1.35 bits per heavy atom. The predicted octanol–water partition coefficient (Wildman–Crippen LogP) is 1.56. The van der Waals surface area contributed by atoms with Crippen molar-refractivity contribution in [2.45, 2.75) is 12.8 Å². The zero-order valence-corrected chi connectivity index (χ0v) is 14.6. The summed E-state index contributed by atoms with van der Waals surface area (Å²) in [6.45, 7) is 2.73. The van der Waals surface area contributed by atoms with E-state index in [1.807, 2.05) is 30.3 Å². The Hall–Kier alpha value is -1.74. The molecule has 128 valence electrons. The Bertz CT molecular complexity index is 451. The lowest BCUT2D eigenvalue weighted by Crippen LogP contribution is -2.35. The molecule has 0 aromatic heterocycles. The zero-order valence-electron chi connectivity index (χ0n) is 12.8. The van der Waals surface area contributed by atoms with E-state index in [0.717, 1.165) is 31.6 Å². The number of rotatable bonds is 9. The Morgan fingerprint density at radius 1 is 0.870 bits per heavy atom. The summed E-state index contributed by atoms with van der Waals surface area (Å²) in [6.07, 6.45) is 1.61. The normalized spacial score (nSPS) is 9.83. The summed E-state index contributed by atoms with van der Waals surface area (Å²) >= 11 is 7.36. The lowest BCUT2D eigenvalue weighted by Gasteiger charge is -2.25. The molecule has 0 saturated carbocycles. The van der Waals surface area contributed by atoms with E-state index in [-0.39, 0.29) is 12.1 Å². The highest BCUT2D eigenvalue weighted by atomic mass is 32.1. The van der Waals surface area contributed by atoms with Gasteiger partial charge in [0, 0.05) is 31.9 Å². The first-order valence-electron chi connectivity index (χ1n) is 7.33. The number of carbonyl (C=O) groups excluding carboxylic acids is 2. The minimum Gasteiger partial charge on any atom is -0.371 e. The fourth-order valence-electron chi connectivity index (χ4n) is 2.03. The summed E-state index contributed by atoms with van der Waals surface area (Å²) in [6, 6.07) is 9.42. The van der Waals surface area contributed by atoms with Crippen LogP contribution < -0.4 is 25.0 Å². The Labute approximate surface area is 147 Å². The number of thiol groups is 2. The molecule has 4 N–H and O–H groups in total. The zero-order chi connectivity index (χ0) is 16.9. The highest BCUT2D eigenvalue weighted by molar-refractivity contribution is 7.78. The van der Waals surface area contributed by atoms with Crippen LogP contribution in [-0.4, -0.2) is 38.2 Å². The van der Waals surface area contributed by atoms with E-state index in [0.29, 0.717) is 13.1 Å². The van der Waals surface area contributed by atoms with Gasteiger partial charge in [-0.15, -0.1) is 0 Å². The maximum Gasteiger partial charge on any atom is 0.324 e. The summed E-state index contributed by atoms with van der Waals surface area (Å²) in [7, 11) is 0. The van der Waals surface area contributed by atoms with Gasteiger partial charge in [-0.2, -0.15) is 0 Å². The van der Waals surface area contributed by atoms with E-state index in [1.165, 1.54) is 0 Å². The molecule has 0 heterocycles. The molecule has 0 saturated heterocycles. The second kappa shape index (κ2) is 11.8. The van der Waals surface area contributed by atoms with Crippen LogP contribution in [0.3, 0.4) is 0 Å². The number of anilines is 1. The molecule has 0 radical (unpaired) electrons. The van der Waals surface area contributed by atoms with Crippen molar-refractivity contribution in [2.75, 3.05) is 31.1 Å².